The quantitative estimate of drug-likeness (QED) is 0.400. The largest absolute Gasteiger partial charge is 1.00 e. The van der Waals surface area contributed by atoms with Gasteiger partial charge in [0.2, 0.25) is 0 Å². The molecule has 0 nitrogen and oxygen atoms in total. The predicted octanol–water partition coefficient (Wildman–Crippen LogP) is -1.50. The molecule has 0 heterocycles. The fourth-order valence-corrected chi connectivity index (χ4v) is 17.3. The van der Waals surface area contributed by atoms with E-state index in [1.807, 2.05) is 0 Å². The second kappa shape index (κ2) is 12.1. The maximum atomic E-state index is 2.61. The fraction of sp³-hybridized carbons (Fsp3) is 0.600. The Hall–Kier alpha value is 0.501. The minimum Gasteiger partial charge on any atom is -1.00 e. The van der Waals surface area contributed by atoms with Gasteiger partial charge in [-0.25, -0.2) is 0 Å². The third-order valence-corrected chi connectivity index (χ3v) is 18.2. The van der Waals surface area contributed by atoms with Crippen LogP contribution in [0, 0.1) is 13.8 Å². The van der Waals surface area contributed by atoms with Crippen LogP contribution >= 0.6 is 0 Å². The summed E-state index contributed by atoms with van der Waals surface area (Å²) in [6.07, 6.45) is 2.52. The van der Waals surface area contributed by atoms with Crippen LogP contribution in [-0.2, 0) is 20.4 Å². The van der Waals surface area contributed by atoms with E-state index in [0.717, 1.165) is 11.1 Å². The monoisotopic (exact) mass is 520 g/mol. The first kappa shape index (κ1) is 32.7. The molecule has 0 aliphatic heterocycles. The number of benzene rings is 1. The Kier molecular flexibility index (Phi) is 13.2. The second-order valence-electron chi connectivity index (χ2n) is 9.11. The summed E-state index contributed by atoms with van der Waals surface area (Å²) < 4.78 is 0.201. The number of hydrogen-bond acceptors (Lipinski definition) is 0. The Bertz CT molecular complexity index is 743. The van der Waals surface area contributed by atoms with Crippen LogP contribution in [0.3, 0.4) is 0 Å². The Labute approximate surface area is 217 Å². The molecular formula is C25H39Cl3SiTi. The van der Waals surface area contributed by atoms with E-state index in [4.69, 9.17) is 0 Å². The van der Waals surface area contributed by atoms with Crippen LogP contribution in [0.5, 0.6) is 0 Å². The minimum atomic E-state index is -1.96. The fourth-order valence-electron chi connectivity index (χ4n) is 5.89. The van der Waals surface area contributed by atoms with Crippen molar-refractivity contribution in [1.82, 2.24) is 0 Å². The van der Waals surface area contributed by atoms with Gasteiger partial charge in [-0.15, -0.1) is 0 Å². The molecule has 0 fully saturated rings. The Morgan fingerprint density at radius 2 is 1.07 bits per heavy atom. The SMILES string of the molecule is CCC(C)[Si](c1cc(C)cc(C)c1)(C(C)CC)[C]1([Ti+3])C(C)=C(C)C(C)=C1C.[Cl-].[Cl-].[Cl-]. The Morgan fingerprint density at radius 3 is 1.37 bits per heavy atom. The van der Waals surface area contributed by atoms with Crippen molar-refractivity contribution >= 4 is 13.3 Å². The van der Waals surface area contributed by atoms with Gasteiger partial charge in [-0.3, -0.25) is 0 Å². The average molecular weight is 522 g/mol. The topological polar surface area (TPSA) is 0 Å². The van der Waals surface area contributed by atoms with Gasteiger partial charge in [0.05, 0.1) is 0 Å². The molecule has 2 unspecified atom stereocenters. The predicted molar refractivity (Wildman–Crippen MR) is 120 cm³/mol. The summed E-state index contributed by atoms with van der Waals surface area (Å²) in [7, 11) is -1.96. The minimum absolute atomic E-state index is 0. The molecular weight excluding hydrogens is 483 g/mol. The van der Waals surface area contributed by atoms with Gasteiger partial charge in [0.25, 0.3) is 0 Å². The van der Waals surface area contributed by atoms with E-state index in [1.54, 1.807) is 27.5 Å². The van der Waals surface area contributed by atoms with Gasteiger partial charge < -0.3 is 37.2 Å². The van der Waals surface area contributed by atoms with E-state index < -0.39 is 8.07 Å². The molecule has 1 aromatic carbocycles. The van der Waals surface area contributed by atoms with Gasteiger partial charge in [0.1, 0.15) is 0 Å². The van der Waals surface area contributed by atoms with Crippen molar-refractivity contribution in [2.75, 3.05) is 0 Å². The Morgan fingerprint density at radius 1 is 0.733 bits per heavy atom. The molecule has 1 aliphatic rings. The van der Waals surface area contributed by atoms with Crippen molar-refractivity contribution in [2.24, 2.45) is 0 Å². The van der Waals surface area contributed by atoms with E-state index in [-0.39, 0.29) is 40.6 Å². The summed E-state index contributed by atoms with van der Waals surface area (Å²) in [5.41, 5.74) is 10.7. The molecule has 0 aromatic heterocycles. The molecule has 2 atom stereocenters. The van der Waals surface area contributed by atoms with Crippen molar-refractivity contribution in [1.29, 1.82) is 0 Å². The molecule has 168 valence electrons. The number of aryl methyl sites for hydroxylation is 2. The van der Waals surface area contributed by atoms with E-state index in [1.165, 1.54) is 24.0 Å². The van der Waals surface area contributed by atoms with E-state index in [9.17, 15) is 0 Å². The molecule has 1 aliphatic carbocycles. The summed E-state index contributed by atoms with van der Waals surface area (Å²) in [4.78, 5) is 0. The van der Waals surface area contributed by atoms with Crippen LogP contribution in [0.1, 0.15) is 79.4 Å². The first-order valence-corrected chi connectivity index (χ1v) is 13.6. The third-order valence-electron chi connectivity index (χ3n) is 7.91. The van der Waals surface area contributed by atoms with Crippen LogP contribution < -0.4 is 42.4 Å². The van der Waals surface area contributed by atoms with Gasteiger partial charge in [0.15, 0.2) is 0 Å². The van der Waals surface area contributed by atoms with Gasteiger partial charge in [-0.2, -0.15) is 0 Å². The van der Waals surface area contributed by atoms with Crippen LogP contribution in [0.4, 0.5) is 0 Å². The first-order valence-electron chi connectivity index (χ1n) is 10.7. The van der Waals surface area contributed by atoms with Crippen LogP contribution in [0.25, 0.3) is 0 Å². The Balaban J connectivity index is 0. The zero-order chi connectivity index (χ0) is 20.7. The van der Waals surface area contributed by atoms with Gasteiger partial charge in [-0.1, -0.05) is 0 Å². The molecule has 0 bridgehead atoms. The van der Waals surface area contributed by atoms with E-state index in [2.05, 4.69) is 108 Å². The van der Waals surface area contributed by atoms with Crippen molar-refractivity contribution in [3.05, 3.63) is 51.6 Å². The molecule has 2 rings (SSSR count). The van der Waals surface area contributed by atoms with Crippen molar-refractivity contribution in [3.63, 3.8) is 0 Å². The molecule has 0 N–H and O–H groups in total. The zero-order valence-corrected chi connectivity index (χ0v) is 25.3. The maximum absolute atomic E-state index is 2.61. The van der Waals surface area contributed by atoms with E-state index in [0.29, 0.717) is 0 Å². The molecule has 5 heteroatoms. The molecule has 0 saturated heterocycles. The van der Waals surface area contributed by atoms with Gasteiger partial charge in [-0.05, 0) is 0 Å². The molecule has 0 radical (unpaired) electrons. The third kappa shape index (κ3) is 4.73. The normalized spacial score (nSPS) is 19.3. The van der Waals surface area contributed by atoms with Crippen LogP contribution in [0.15, 0.2) is 40.5 Å². The number of allylic oxidation sites excluding steroid dienone is 4. The smallest absolute Gasteiger partial charge is 1.00 e. The molecule has 1 aromatic rings. The van der Waals surface area contributed by atoms with Gasteiger partial charge in [0, 0.05) is 0 Å². The van der Waals surface area contributed by atoms with Crippen molar-refractivity contribution in [3.8, 4) is 0 Å². The molecule has 0 spiro atoms. The summed E-state index contributed by atoms with van der Waals surface area (Å²) >= 11 is 2.61. The average Bonchev–Trinajstić information content (AvgIpc) is 2.77. The van der Waals surface area contributed by atoms with Crippen LogP contribution in [-0.4, -0.2) is 8.07 Å². The van der Waals surface area contributed by atoms with Crippen molar-refractivity contribution < 1.29 is 57.7 Å². The van der Waals surface area contributed by atoms with Crippen molar-refractivity contribution in [2.45, 2.75) is 96.5 Å². The number of halogens is 3. The molecule has 0 saturated carbocycles. The summed E-state index contributed by atoms with van der Waals surface area (Å²) in [5.74, 6) is 0. The van der Waals surface area contributed by atoms with E-state index >= 15 is 0 Å². The summed E-state index contributed by atoms with van der Waals surface area (Å²) in [6, 6.07) is 7.44. The second-order valence-corrected chi connectivity index (χ2v) is 16.1. The number of rotatable bonds is 6. The molecule has 0 amide bonds. The van der Waals surface area contributed by atoms with Crippen LogP contribution in [0.2, 0.25) is 14.4 Å². The zero-order valence-electron chi connectivity index (χ0n) is 20.4. The summed E-state index contributed by atoms with van der Waals surface area (Å²) in [6.45, 7) is 24.1. The number of hydrogen-bond donors (Lipinski definition) is 0. The standard InChI is InChI=1S/C25H39Si.3ClH.Ti/c1-11-18(5)26(19(6)12-2,24-14-16(3)13-17(4)15-24)25-22(9)20(7)21(8)23(25)10;;;;/h13-15,18-19H,11-12H2,1-10H3;3*1H;/q;;;;+3/p-3. The molecule has 30 heavy (non-hydrogen) atoms. The maximum Gasteiger partial charge on any atom is -1.00 e. The summed E-state index contributed by atoms with van der Waals surface area (Å²) in [5, 5.41) is 1.69. The van der Waals surface area contributed by atoms with Gasteiger partial charge >= 0.3 is 182 Å². The first-order chi connectivity index (χ1) is 12.5.